The molecule has 0 aliphatic carbocycles. The maximum Gasteiger partial charge on any atom is 0.244 e. The molecule has 0 aromatic carbocycles. The van der Waals surface area contributed by atoms with Gasteiger partial charge in [0.25, 0.3) is 0 Å². The molecule has 2 rings (SSSR count). The standard InChI is InChI=1S/C18H34N4O.HI/c1-4-15(5-2)16-9-12-22(14-16)18(19-6-3)20-13-17(23)21-10-7-8-11-21;/h15-16H,4-14H2,1-3H3,(H,19,20);1H. The Kier molecular flexibility index (Phi) is 10.0. The molecule has 1 atom stereocenters. The molecule has 24 heavy (non-hydrogen) atoms. The van der Waals surface area contributed by atoms with Gasteiger partial charge in [-0.05, 0) is 38.0 Å². The zero-order valence-electron chi connectivity index (χ0n) is 15.6. The number of amides is 1. The number of halogens is 1. The predicted octanol–water partition coefficient (Wildman–Crippen LogP) is 2.95. The third kappa shape index (κ3) is 5.77. The molecular formula is C18H35IN4O. The summed E-state index contributed by atoms with van der Waals surface area (Å²) in [5, 5.41) is 3.37. The molecule has 0 spiro atoms. The summed E-state index contributed by atoms with van der Waals surface area (Å²) in [4.78, 5) is 21.1. The average Bonchev–Trinajstić information content (AvgIpc) is 3.24. The number of carbonyl (C=O) groups is 1. The van der Waals surface area contributed by atoms with E-state index in [0.717, 1.165) is 63.4 Å². The van der Waals surface area contributed by atoms with Crippen molar-refractivity contribution in [2.24, 2.45) is 16.8 Å². The quantitative estimate of drug-likeness (QED) is 0.385. The van der Waals surface area contributed by atoms with Gasteiger partial charge in [0.1, 0.15) is 6.54 Å². The van der Waals surface area contributed by atoms with E-state index in [9.17, 15) is 4.79 Å². The molecule has 0 bridgehead atoms. The molecule has 1 amide bonds. The van der Waals surface area contributed by atoms with Gasteiger partial charge in [-0.1, -0.05) is 26.7 Å². The lowest BCUT2D eigenvalue weighted by atomic mass is 9.87. The van der Waals surface area contributed by atoms with Crippen LogP contribution in [0.4, 0.5) is 0 Å². The third-order valence-corrected chi connectivity index (χ3v) is 5.40. The number of nitrogens with zero attached hydrogens (tertiary/aromatic N) is 3. The van der Waals surface area contributed by atoms with E-state index in [4.69, 9.17) is 0 Å². The molecule has 6 heteroatoms. The SMILES string of the molecule is CCNC(=NCC(=O)N1CCCC1)N1CCC(C(CC)CC)C1.I. The first-order valence-electron chi connectivity index (χ1n) is 9.50. The van der Waals surface area contributed by atoms with Gasteiger partial charge in [-0.15, -0.1) is 24.0 Å². The van der Waals surface area contributed by atoms with E-state index in [1.165, 1.54) is 19.3 Å². The lowest BCUT2D eigenvalue weighted by Crippen LogP contribution is -2.41. The molecule has 5 nitrogen and oxygen atoms in total. The minimum Gasteiger partial charge on any atom is -0.357 e. The summed E-state index contributed by atoms with van der Waals surface area (Å²) in [6.45, 7) is 11.8. The summed E-state index contributed by atoms with van der Waals surface area (Å²) < 4.78 is 0. The van der Waals surface area contributed by atoms with Gasteiger partial charge in [0, 0.05) is 32.7 Å². The van der Waals surface area contributed by atoms with Gasteiger partial charge < -0.3 is 15.1 Å². The Bertz CT molecular complexity index is 406. The molecule has 140 valence electrons. The van der Waals surface area contributed by atoms with Crippen LogP contribution in [0.25, 0.3) is 0 Å². The van der Waals surface area contributed by atoms with Crippen molar-refractivity contribution in [3.05, 3.63) is 0 Å². The Labute approximate surface area is 164 Å². The van der Waals surface area contributed by atoms with Crippen LogP contribution in [0, 0.1) is 11.8 Å². The summed E-state index contributed by atoms with van der Waals surface area (Å²) >= 11 is 0. The molecule has 0 radical (unpaired) electrons. The highest BCUT2D eigenvalue weighted by Crippen LogP contribution is 2.28. The van der Waals surface area contributed by atoms with Gasteiger partial charge in [-0.2, -0.15) is 0 Å². The number of rotatable bonds is 6. The van der Waals surface area contributed by atoms with Crippen LogP contribution < -0.4 is 5.32 Å². The van der Waals surface area contributed by atoms with Gasteiger partial charge in [-0.25, -0.2) is 4.99 Å². The maximum atomic E-state index is 12.2. The van der Waals surface area contributed by atoms with Crippen molar-refractivity contribution in [3.63, 3.8) is 0 Å². The minimum absolute atomic E-state index is 0. The van der Waals surface area contributed by atoms with Crippen molar-refractivity contribution >= 4 is 35.8 Å². The van der Waals surface area contributed by atoms with Crippen molar-refractivity contribution in [2.75, 3.05) is 39.3 Å². The normalized spacial score (nSPS) is 21.3. The molecule has 0 saturated carbocycles. The monoisotopic (exact) mass is 450 g/mol. The Balaban J connectivity index is 0.00000288. The topological polar surface area (TPSA) is 47.9 Å². The zero-order valence-corrected chi connectivity index (χ0v) is 17.9. The number of carbonyl (C=O) groups excluding carboxylic acids is 1. The van der Waals surface area contributed by atoms with Crippen molar-refractivity contribution < 1.29 is 4.79 Å². The second-order valence-electron chi connectivity index (χ2n) is 6.83. The molecule has 1 unspecified atom stereocenters. The van der Waals surface area contributed by atoms with Crippen LogP contribution in [0.2, 0.25) is 0 Å². The summed E-state index contributed by atoms with van der Waals surface area (Å²) in [6, 6.07) is 0. The Hall–Kier alpha value is -0.530. The van der Waals surface area contributed by atoms with E-state index in [-0.39, 0.29) is 36.4 Å². The zero-order chi connectivity index (χ0) is 16.7. The molecule has 2 aliphatic heterocycles. The van der Waals surface area contributed by atoms with Gasteiger partial charge >= 0.3 is 0 Å². The van der Waals surface area contributed by atoms with Gasteiger partial charge in [0.2, 0.25) is 5.91 Å². The van der Waals surface area contributed by atoms with Crippen LogP contribution in [0.5, 0.6) is 0 Å². The molecule has 2 fully saturated rings. The van der Waals surface area contributed by atoms with Crippen LogP contribution in [-0.2, 0) is 4.79 Å². The third-order valence-electron chi connectivity index (χ3n) is 5.40. The van der Waals surface area contributed by atoms with Crippen LogP contribution in [-0.4, -0.2) is 60.9 Å². The van der Waals surface area contributed by atoms with Crippen LogP contribution >= 0.6 is 24.0 Å². The molecule has 0 aromatic rings. The molecule has 2 aliphatic rings. The lowest BCUT2D eigenvalue weighted by molar-refractivity contribution is -0.128. The smallest absolute Gasteiger partial charge is 0.244 e. The number of nitrogens with one attached hydrogen (secondary N) is 1. The van der Waals surface area contributed by atoms with Gasteiger partial charge in [0.05, 0.1) is 0 Å². The highest BCUT2D eigenvalue weighted by atomic mass is 127. The van der Waals surface area contributed by atoms with Crippen molar-refractivity contribution in [3.8, 4) is 0 Å². The Morgan fingerprint density at radius 3 is 2.38 bits per heavy atom. The number of aliphatic imine (C=N–C) groups is 1. The number of hydrogen-bond acceptors (Lipinski definition) is 2. The first-order chi connectivity index (χ1) is 11.2. The van der Waals surface area contributed by atoms with Gasteiger partial charge in [-0.3, -0.25) is 4.79 Å². The van der Waals surface area contributed by atoms with E-state index >= 15 is 0 Å². The van der Waals surface area contributed by atoms with Gasteiger partial charge in [0.15, 0.2) is 5.96 Å². The first kappa shape index (κ1) is 21.5. The fraction of sp³-hybridized carbons (Fsp3) is 0.889. The van der Waals surface area contributed by atoms with E-state index in [1.54, 1.807) is 0 Å². The molecule has 1 N–H and O–H groups in total. The fourth-order valence-electron chi connectivity index (χ4n) is 3.95. The van der Waals surface area contributed by atoms with Crippen LogP contribution in [0.15, 0.2) is 4.99 Å². The van der Waals surface area contributed by atoms with Crippen LogP contribution in [0.1, 0.15) is 52.9 Å². The molecule has 2 saturated heterocycles. The Morgan fingerprint density at radius 1 is 1.12 bits per heavy atom. The van der Waals surface area contributed by atoms with E-state index in [0.29, 0.717) is 0 Å². The van der Waals surface area contributed by atoms with Crippen LogP contribution in [0.3, 0.4) is 0 Å². The molecule has 2 heterocycles. The summed E-state index contributed by atoms with van der Waals surface area (Å²) in [6.07, 6.45) is 6.04. The van der Waals surface area contributed by atoms with Crippen molar-refractivity contribution in [1.82, 2.24) is 15.1 Å². The van der Waals surface area contributed by atoms with E-state index in [2.05, 4.69) is 36.0 Å². The number of hydrogen-bond donors (Lipinski definition) is 1. The number of guanidine groups is 1. The first-order valence-corrected chi connectivity index (χ1v) is 9.50. The number of likely N-dealkylation sites (tertiary alicyclic amines) is 2. The highest BCUT2D eigenvalue weighted by molar-refractivity contribution is 14.0. The van der Waals surface area contributed by atoms with Crippen molar-refractivity contribution in [2.45, 2.75) is 52.9 Å². The van der Waals surface area contributed by atoms with E-state index < -0.39 is 0 Å². The summed E-state index contributed by atoms with van der Waals surface area (Å²) in [7, 11) is 0. The van der Waals surface area contributed by atoms with Crippen molar-refractivity contribution in [1.29, 1.82) is 0 Å². The molecule has 0 aromatic heterocycles. The minimum atomic E-state index is 0. The maximum absolute atomic E-state index is 12.2. The summed E-state index contributed by atoms with van der Waals surface area (Å²) in [5.41, 5.74) is 0. The predicted molar refractivity (Wildman–Crippen MR) is 111 cm³/mol. The average molecular weight is 450 g/mol. The highest BCUT2D eigenvalue weighted by Gasteiger charge is 2.29. The summed E-state index contributed by atoms with van der Waals surface area (Å²) in [5.74, 6) is 2.68. The van der Waals surface area contributed by atoms with E-state index in [1.807, 2.05) is 4.90 Å². The lowest BCUT2D eigenvalue weighted by Gasteiger charge is -2.24. The Morgan fingerprint density at radius 2 is 1.79 bits per heavy atom. The fourth-order valence-corrected chi connectivity index (χ4v) is 3.95. The second kappa shape index (κ2) is 11.2. The largest absolute Gasteiger partial charge is 0.357 e. The molecular weight excluding hydrogens is 415 g/mol. The second-order valence-corrected chi connectivity index (χ2v) is 6.83.